The summed E-state index contributed by atoms with van der Waals surface area (Å²) >= 11 is 3.51. The van der Waals surface area contributed by atoms with E-state index in [2.05, 4.69) is 25.5 Å². The smallest absolute Gasteiger partial charge is 0.316 e. The molecule has 0 fully saturated rings. The molecule has 0 bridgehead atoms. The fourth-order valence-electron chi connectivity index (χ4n) is 2.57. The van der Waals surface area contributed by atoms with Crippen LogP contribution in [0.1, 0.15) is 44.1 Å². The molecule has 1 aliphatic rings. The summed E-state index contributed by atoms with van der Waals surface area (Å²) in [6.07, 6.45) is 3.36. The average Bonchev–Trinajstić information content (AvgIpc) is 2.67. The normalized spacial score (nSPS) is 16.5. The van der Waals surface area contributed by atoms with Gasteiger partial charge in [-0.1, -0.05) is 13.8 Å². The minimum atomic E-state index is -0.279. The first kappa shape index (κ1) is 13.6. The Hall–Kier alpha value is -0.840. The molecular weight excluding hydrogens is 296 g/mol. The molecule has 2 heterocycles. The second-order valence-electron chi connectivity index (χ2n) is 5.06. The van der Waals surface area contributed by atoms with Crippen molar-refractivity contribution in [3.05, 3.63) is 16.1 Å². The number of hydrogen-bond donors (Lipinski definition) is 0. The number of esters is 1. The third kappa shape index (κ3) is 2.32. The molecule has 2 rings (SSSR count). The summed E-state index contributed by atoms with van der Waals surface area (Å²) < 4.78 is 7.99. The van der Waals surface area contributed by atoms with E-state index >= 15 is 0 Å². The van der Waals surface area contributed by atoms with Gasteiger partial charge >= 0.3 is 5.97 Å². The molecular formula is C13H19BrN2O2. The van der Waals surface area contributed by atoms with E-state index in [1.807, 2.05) is 13.8 Å². The van der Waals surface area contributed by atoms with Gasteiger partial charge in [-0.25, -0.2) is 4.98 Å². The Labute approximate surface area is 116 Å². The number of methoxy groups -OCH3 is 1. The number of carbonyl (C=O) groups is 1. The van der Waals surface area contributed by atoms with Gasteiger partial charge in [-0.2, -0.15) is 0 Å². The van der Waals surface area contributed by atoms with E-state index in [1.54, 1.807) is 0 Å². The fourth-order valence-corrected chi connectivity index (χ4v) is 3.16. The maximum atomic E-state index is 12.0. The van der Waals surface area contributed by atoms with Crippen LogP contribution >= 0.6 is 15.9 Å². The van der Waals surface area contributed by atoms with E-state index in [1.165, 1.54) is 19.2 Å². The van der Waals surface area contributed by atoms with E-state index in [0.29, 0.717) is 0 Å². The maximum absolute atomic E-state index is 12.0. The molecule has 1 atom stereocenters. The second kappa shape index (κ2) is 5.43. The number of carbonyl (C=O) groups excluding carboxylic acids is 1. The predicted octanol–water partition coefficient (Wildman–Crippen LogP) is 2.89. The zero-order chi connectivity index (χ0) is 13.3. The van der Waals surface area contributed by atoms with Gasteiger partial charge in [0.1, 0.15) is 16.3 Å². The van der Waals surface area contributed by atoms with Crippen LogP contribution in [0, 0.1) is 5.92 Å². The Morgan fingerprint density at radius 2 is 2.17 bits per heavy atom. The standard InChI is InChI=1S/C13H19BrN2O2/c1-8(2)10(13(17)18-3)12-15-11(14)9-6-4-5-7-16(9)12/h8,10H,4-7H2,1-3H3. The summed E-state index contributed by atoms with van der Waals surface area (Å²) in [6, 6.07) is 0. The highest BCUT2D eigenvalue weighted by molar-refractivity contribution is 9.10. The lowest BCUT2D eigenvalue weighted by molar-refractivity contribution is -0.143. The van der Waals surface area contributed by atoms with Gasteiger partial charge in [0.2, 0.25) is 0 Å². The van der Waals surface area contributed by atoms with Crippen molar-refractivity contribution in [1.29, 1.82) is 0 Å². The lowest BCUT2D eigenvalue weighted by Crippen LogP contribution is -2.25. The number of nitrogens with zero attached hydrogens (tertiary/aromatic N) is 2. The molecule has 100 valence electrons. The summed E-state index contributed by atoms with van der Waals surface area (Å²) in [5.41, 5.74) is 1.21. The molecule has 0 saturated heterocycles. The fraction of sp³-hybridized carbons (Fsp3) is 0.692. The van der Waals surface area contributed by atoms with Crippen molar-refractivity contribution in [1.82, 2.24) is 9.55 Å². The van der Waals surface area contributed by atoms with Crippen molar-refractivity contribution in [2.45, 2.75) is 45.6 Å². The first-order valence-corrected chi connectivity index (χ1v) is 7.18. The Morgan fingerprint density at radius 3 is 2.78 bits per heavy atom. The quantitative estimate of drug-likeness (QED) is 0.806. The number of rotatable bonds is 3. The lowest BCUT2D eigenvalue weighted by atomic mass is 9.94. The zero-order valence-corrected chi connectivity index (χ0v) is 12.7. The van der Waals surface area contributed by atoms with Crippen molar-refractivity contribution in [2.24, 2.45) is 5.92 Å². The van der Waals surface area contributed by atoms with Crippen LogP contribution in [0.25, 0.3) is 0 Å². The van der Waals surface area contributed by atoms with Gasteiger partial charge in [0, 0.05) is 6.54 Å². The number of ether oxygens (including phenoxy) is 1. The molecule has 5 heteroatoms. The lowest BCUT2D eigenvalue weighted by Gasteiger charge is -2.22. The Balaban J connectivity index is 2.45. The van der Waals surface area contributed by atoms with Gasteiger partial charge in [0.25, 0.3) is 0 Å². The third-order valence-electron chi connectivity index (χ3n) is 3.50. The number of fused-ring (bicyclic) bond motifs is 1. The van der Waals surface area contributed by atoms with Gasteiger partial charge in [-0.3, -0.25) is 4.79 Å². The molecule has 1 unspecified atom stereocenters. The molecule has 0 amide bonds. The predicted molar refractivity (Wildman–Crippen MR) is 72.5 cm³/mol. The van der Waals surface area contributed by atoms with Gasteiger partial charge in [0.05, 0.1) is 12.8 Å². The van der Waals surface area contributed by atoms with Crippen LogP contribution in [0.4, 0.5) is 0 Å². The highest BCUT2D eigenvalue weighted by Crippen LogP contribution is 2.32. The first-order valence-electron chi connectivity index (χ1n) is 6.39. The molecule has 0 aliphatic carbocycles. The first-order chi connectivity index (χ1) is 8.56. The van der Waals surface area contributed by atoms with Crippen molar-refractivity contribution >= 4 is 21.9 Å². The molecule has 0 saturated carbocycles. The van der Waals surface area contributed by atoms with Crippen LogP contribution in [0.3, 0.4) is 0 Å². The Morgan fingerprint density at radius 1 is 1.44 bits per heavy atom. The molecule has 0 radical (unpaired) electrons. The van der Waals surface area contributed by atoms with Crippen LogP contribution in [-0.2, 0) is 22.5 Å². The summed E-state index contributed by atoms with van der Waals surface area (Å²) in [6.45, 7) is 5.00. The molecule has 1 aromatic heterocycles. The van der Waals surface area contributed by atoms with Gasteiger partial charge in [-0.15, -0.1) is 0 Å². The van der Waals surface area contributed by atoms with Gasteiger partial charge < -0.3 is 9.30 Å². The minimum Gasteiger partial charge on any atom is -0.468 e. The third-order valence-corrected chi connectivity index (χ3v) is 4.13. The summed E-state index contributed by atoms with van der Waals surface area (Å²) in [5, 5.41) is 0. The molecule has 18 heavy (non-hydrogen) atoms. The number of halogens is 1. The van der Waals surface area contributed by atoms with E-state index in [0.717, 1.165) is 29.8 Å². The maximum Gasteiger partial charge on any atom is 0.316 e. The van der Waals surface area contributed by atoms with Crippen molar-refractivity contribution in [3.63, 3.8) is 0 Å². The van der Waals surface area contributed by atoms with Gasteiger partial charge in [-0.05, 0) is 41.1 Å². The van der Waals surface area contributed by atoms with Crippen molar-refractivity contribution in [2.75, 3.05) is 7.11 Å². The van der Waals surface area contributed by atoms with Gasteiger partial charge in [0.15, 0.2) is 0 Å². The van der Waals surface area contributed by atoms with E-state index in [4.69, 9.17) is 4.74 Å². The highest BCUT2D eigenvalue weighted by Gasteiger charge is 2.32. The van der Waals surface area contributed by atoms with Crippen molar-refractivity contribution < 1.29 is 9.53 Å². The summed E-state index contributed by atoms with van der Waals surface area (Å²) in [4.78, 5) is 16.5. The van der Waals surface area contributed by atoms with Crippen molar-refractivity contribution in [3.8, 4) is 0 Å². The topological polar surface area (TPSA) is 44.1 Å². The van der Waals surface area contributed by atoms with Crippen LogP contribution in [0.2, 0.25) is 0 Å². The highest BCUT2D eigenvalue weighted by atomic mass is 79.9. The SMILES string of the molecule is COC(=O)C(c1nc(Br)c2n1CCCC2)C(C)C. The largest absolute Gasteiger partial charge is 0.468 e. The van der Waals surface area contributed by atoms with Crippen LogP contribution in [-0.4, -0.2) is 22.6 Å². The summed E-state index contributed by atoms with van der Waals surface area (Å²) in [5.74, 6) is 0.547. The second-order valence-corrected chi connectivity index (χ2v) is 5.81. The van der Waals surface area contributed by atoms with E-state index in [9.17, 15) is 4.79 Å². The molecule has 0 aromatic carbocycles. The molecule has 0 N–H and O–H groups in total. The Kier molecular flexibility index (Phi) is 4.10. The molecule has 1 aromatic rings. The van der Waals surface area contributed by atoms with Crippen LogP contribution in [0.5, 0.6) is 0 Å². The van der Waals surface area contributed by atoms with Crippen LogP contribution in [0.15, 0.2) is 4.60 Å². The number of aromatic nitrogens is 2. The molecule has 0 spiro atoms. The average molecular weight is 315 g/mol. The zero-order valence-electron chi connectivity index (χ0n) is 11.1. The number of imidazole rings is 1. The minimum absolute atomic E-state index is 0.178. The van der Waals surface area contributed by atoms with Crippen LogP contribution < -0.4 is 0 Å². The molecule has 4 nitrogen and oxygen atoms in total. The monoisotopic (exact) mass is 314 g/mol. The van der Waals surface area contributed by atoms with E-state index in [-0.39, 0.29) is 17.8 Å². The number of hydrogen-bond acceptors (Lipinski definition) is 3. The summed E-state index contributed by atoms with van der Waals surface area (Å²) in [7, 11) is 1.44. The Bertz CT molecular complexity index is 454. The molecule has 1 aliphatic heterocycles. The van der Waals surface area contributed by atoms with E-state index < -0.39 is 0 Å².